The third-order valence-electron chi connectivity index (χ3n) is 1.20. The first kappa shape index (κ1) is 15.1. The van der Waals surface area contributed by atoms with E-state index in [-0.39, 0.29) is 19.2 Å². The summed E-state index contributed by atoms with van der Waals surface area (Å²) in [6.07, 6.45) is 0.112. The maximum absolute atomic E-state index is 10.2. The number of hydrogen-bond acceptors (Lipinski definition) is 3. The van der Waals surface area contributed by atoms with Gasteiger partial charge in [0.1, 0.15) is 0 Å². The molecule has 0 radical (unpaired) electrons. The molecule has 1 aromatic carbocycles. The van der Waals surface area contributed by atoms with Gasteiger partial charge in [-0.05, 0) is 12.5 Å². The Morgan fingerprint density at radius 2 is 1.71 bits per heavy atom. The largest absolute Gasteiger partial charge is 0.481 e. The van der Waals surface area contributed by atoms with Gasteiger partial charge in [-0.25, -0.2) is 0 Å². The minimum Gasteiger partial charge on any atom is -0.481 e. The Morgan fingerprint density at radius 3 is 2.07 bits per heavy atom. The lowest BCUT2D eigenvalue weighted by molar-refractivity contribution is -0.136. The minimum absolute atomic E-state index is 0. The fourth-order valence-corrected chi connectivity index (χ4v) is 0.770. The van der Waals surface area contributed by atoms with E-state index in [0.29, 0.717) is 0 Å². The van der Waals surface area contributed by atoms with Crippen LogP contribution in [0.15, 0.2) is 30.3 Å². The van der Waals surface area contributed by atoms with Gasteiger partial charge in [0.15, 0.2) is 0 Å². The van der Waals surface area contributed by atoms with E-state index in [0.717, 1.165) is 5.56 Å². The molecule has 4 nitrogen and oxygen atoms in total. The number of carbonyl (C=O) groups is 1. The van der Waals surface area contributed by atoms with E-state index in [1.165, 1.54) is 0 Å². The highest BCUT2D eigenvalue weighted by atomic mass is 16.4. The molecule has 0 fully saturated rings. The third-order valence-corrected chi connectivity index (χ3v) is 1.20. The van der Waals surface area contributed by atoms with Crippen molar-refractivity contribution in [3.05, 3.63) is 35.9 Å². The van der Waals surface area contributed by atoms with Gasteiger partial charge in [0, 0.05) is 6.61 Å². The fraction of sp³-hybridized carbons (Fsp3) is 0.300. The van der Waals surface area contributed by atoms with Gasteiger partial charge in [-0.1, -0.05) is 30.3 Å². The first-order valence-electron chi connectivity index (χ1n) is 4.07. The van der Waals surface area contributed by atoms with Crippen LogP contribution in [0.5, 0.6) is 0 Å². The Balaban J connectivity index is 0. The lowest BCUT2D eigenvalue weighted by Gasteiger charge is -1.92. The average Bonchev–Trinajstić information content (AvgIpc) is 2.06. The summed E-state index contributed by atoms with van der Waals surface area (Å²) in [6.45, 7) is 1.93. The van der Waals surface area contributed by atoms with Crippen LogP contribution in [-0.2, 0) is 11.2 Å². The topological polar surface area (TPSA) is 92.5 Å². The van der Waals surface area contributed by atoms with E-state index < -0.39 is 5.97 Å². The number of rotatable bonds is 2. The van der Waals surface area contributed by atoms with Crippen molar-refractivity contribution in [3.8, 4) is 0 Å². The minimum atomic E-state index is -0.786. The molecule has 4 heteroatoms. The monoisotopic (exact) mass is 199 g/mol. The summed E-state index contributed by atoms with van der Waals surface area (Å²) >= 11 is 0. The first-order chi connectivity index (χ1) is 6.20. The summed E-state index contributed by atoms with van der Waals surface area (Å²) in [7, 11) is 0. The Kier molecular flexibility index (Phi) is 10.5. The highest BCUT2D eigenvalue weighted by Crippen LogP contribution is 1.98. The van der Waals surface area contributed by atoms with Gasteiger partial charge in [-0.2, -0.15) is 0 Å². The molecule has 0 atom stereocenters. The number of aliphatic carboxylic acids is 1. The van der Waals surface area contributed by atoms with Gasteiger partial charge in [0.25, 0.3) is 0 Å². The molecule has 5 N–H and O–H groups in total. The normalized spacial score (nSPS) is 7.86. The number of aliphatic hydroxyl groups excluding tert-OH is 1. The van der Waals surface area contributed by atoms with Crippen molar-refractivity contribution in [1.82, 2.24) is 6.15 Å². The zero-order chi connectivity index (χ0) is 10.1. The van der Waals surface area contributed by atoms with Crippen LogP contribution in [0.3, 0.4) is 0 Å². The molecular weight excluding hydrogens is 182 g/mol. The standard InChI is InChI=1S/C8H8O2.C2H6O.H3N/c9-8(10)6-7-4-2-1-3-5-7;1-2-3;/h1-5H,6H2,(H,9,10);3H,2H2,1H3;1H3. The van der Waals surface area contributed by atoms with Gasteiger partial charge in [0.05, 0.1) is 6.42 Å². The van der Waals surface area contributed by atoms with Crippen LogP contribution in [0.2, 0.25) is 0 Å². The first-order valence-corrected chi connectivity index (χ1v) is 4.07. The third kappa shape index (κ3) is 8.70. The predicted octanol–water partition coefficient (Wildman–Crippen LogP) is 1.47. The molecule has 0 heterocycles. The lowest BCUT2D eigenvalue weighted by Crippen LogP contribution is -1.98. The van der Waals surface area contributed by atoms with Crippen LogP contribution in [0.25, 0.3) is 0 Å². The Hall–Kier alpha value is -1.39. The van der Waals surface area contributed by atoms with Crippen molar-refractivity contribution in [2.45, 2.75) is 13.3 Å². The van der Waals surface area contributed by atoms with Crippen molar-refractivity contribution < 1.29 is 15.0 Å². The van der Waals surface area contributed by atoms with Gasteiger partial charge in [-0.15, -0.1) is 0 Å². The van der Waals surface area contributed by atoms with Crippen molar-refractivity contribution in [3.63, 3.8) is 0 Å². The van der Waals surface area contributed by atoms with Gasteiger partial charge < -0.3 is 16.4 Å². The molecule has 0 spiro atoms. The molecule has 80 valence electrons. The second-order valence-electron chi connectivity index (χ2n) is 2.37. The smallest absolute Gasteiger partial charge is 0.307 e. The number of aliphatic hydroxyl groups is 1. The maximum Gasteiger partial charge on any atom is 0.307 e. The molecule has 0 aliphatic heterocycles. The van der Waals surface area contributed by atoms with E-state index in [4.69, 9.17) is 10.2 Å². The highest BCUT2D eigenvalue weighted by molar-refractivity contribution is 5.70. The summed E-state index contributed by atoms with van der Waals surface area (Å²) in [6, 6.07) is 9.13. The molecule has 0 unspecified atom stereocenters. The van der Waals surface area contributed by atoms with Crippen molar-refractivity contribution >= 4 is 5.97 Å². The Morgan fingerprint density at radius 1 is 1.29 bits per heavy atom. The van der Waals surface area contributed by atoms with E-state index in [2.05, 4.69) is 0 Å². The quantitative estimate of drug-likeness (QED) is 0.672. The zero-order valence-electron chi connectivity index (χ0n) is 8.31. The lowest BCUT2D eigenvalue weighted by atomic mass is 10.2. The number of benzene rings is 1. The summed E-state index contributed by atoms with van der Waals surface area (Å²) in [5, 5.41) is 15.9. The van der Waals surface area contributed by atoms with Crippen molar-refractivity contribution in [2.75, 3.05) is 6.61 Å². The number of carboxylic acids is 1. The van der Waals surface area contributed by atoms with Gasteiger partial charge in [-0.3, -0.25) is 4.79 Å². The number of carboxylic acid groups (broad SMARTS) is 1. The summed E-state index contributed by atoms with van der Waals surface area (Å²) in [5.74, 6) is -0.786. The van der Waals surface area contributed by atoms with Gasteiger partial charge >= 0.3 is 5.97 Å². The van der Waals surface area contributed by atoms with Crippen LogP contribution < -0.4 is 6.15 Å². The average molecular weight is 199 g/mol. The van der Waals surface area contributed by atoms with E-state index in [1.54, 1.807) is 19.1 Å². The van der Waals surface area contributed by atoms with Crippen molar-refractivity contribution in [1.29, 1.82) is 0 Å². The molecule has 0 aliphatic rings. The Labute approximate surface area is 83.8 Å². The van der Waals surface area contributed by atoms with Crippen LogP contribution in [0, 0.1) is 0 Å². The number of hydrogen-bond donors (Lipinski definition) is 3. The molecule has 14 heavy (non-hydrogen) atoms. The molecule has 0 amide bonds. The second-order valence-corrected chi connectivity index (χ2v) is 2.37. The maximum atomic E-state index is 10.2. The predicted molar refractivity (Wildman–Crippen MR) is 55.6 cm³/mol. The van der Waals surface area contributed by atoms with Crippen LogP contribution >= 0.6 is 0 Å². The molecule has 1 rings (SSSR count). The summed E-state index contributed by atoms with van der Waals surface area (Å²) in [4.78, 5) is 10.2. The molecule has 0 saturated heterocycles. The zero-order valence-corrected chi connectivity index (χ0v) is 8.31. The molecule has 0 aromatic heterocycles. The molecule has 0 aliphatic carbocycles. The van der Waals surface area contributed by atoms with Gasteiger partial charge in [0.2, 0.25) is 0 Å². The van der Waals surface area contributed by atoms with Crippen LogP contribution in [-0.4, -0.2) is 22.8 Å². The highest BCUT2D eigenvalue weighted by Gasteiger charge is 1.96. The summed E-state index contributed by atoms with van der Waals surface area (Å²) in [5.41, 5.74) is 0.843. The van der Waals surface area contributed by atoms with Crippen LogP contribution in [0.1, 0.15) is 12.5 Å². The van der Waals surface area contributed by atoms with E-state index in [9.17, 15) is 4.79 Å². The summed E-state index contributed by atoms with van der Waals surface area (Å²) < 4.78 is 0. The van der Waals surface area contributed by atoms with Crippen molar-refractivity contribution in [2.24, 2.45) is 0 Å². The SMILES string of the molecule is CCO.N.O=C(O)Cc1ccccc1. The molecule has 1 aromatic rings. The van der Waals surface area contributed by atoms with E-state index >= 15 is 0 Å². The second kappa shape index (κ2) is 9.70. The molecule has 0 saturated carbocycles. The Bertz CT molecular complexity index is 236. The van der Waals surface area contributed by atoms with Crippen LogP contribution in [0.4, 0.5) is 0 Å². The van der Waals surface area contributed by atoms with E-state index in [1.807, 2.05) is 18.2 Å². The molecule has 0 bridgehead atoms. The fourth-order valence-electron chi connectivity index (χ4n) is 0.770. The molecular formula is C10H17NO3.